The highest BCUT2D eigenvalue weighted by Gasteiger charge is 2.02. The van der Waals surface area contributed by atoms with Crippen molar-refractivity contribution in [2.45, 2.75) is 6.92 Å². The van der Waals surface area contributed by atoms with Gasteiger partial charge in [-0.3, -0.25) is 0 Å². The van der Waals surface area contributed by atoms with E-state index in [4.69, 9.17) is 5.11 Å². The Kier molecular flexibility index (Phi) is 4.98. The SMILES string of the molecule is CC(=NC(=O)ON)N(C)CCO. The predicted molar refractivity (Wildman–Crippen MR) is 43.5 cm³/mol. The molecule has 0 aromatic rings. The fraction of sp³-hybridized carbons (Fsp3) is 0.667. The number of amides is 1. The summed E-state index contributed by atoms with van der Waals surface area (Å²) < 4.78 is 0. The second kappa shape index (κ2) is 5.50. The van der Waals surface area contributed by atoms with Crippen LogP contribution >= 0.6 is 0 Å². The average molecular weight is 175 g/mol. The minimum atomic E-state index is -0.850. The van der Waals surface area contributed by atoms with Crippen LogP contribution in [0.25, 0.3) is 0 Å². The Labute approximate surface area is 70.6 Å². The van der Waals surface area contributed by atoms with Crippen LogP contribution in [-0.2, 0) is 4.84 Å². The first-order chi connectivity index (χ1) is 5.61. The van der Waals surface area contributed by atoms with Gasteiger partial charge in [-0.1, -0.05) is 0 Å². The van der Waals surface area contributed by atoms with Gasteiger partial charge in [-0.05, 0) is 6.92 Å². The zero-order valence-electron chi connectivity index (χ0n) is 7.15. The molecule has 0 saturated carbocycles. The fourth-order valence-electron chi connectivity index (χ4n) is 0.556. The van der Waals surface area contributed by atoms with Gasteiger partial charge in [-0.2, -0.15) is 10.9 Å². The van der Waals surface area contributed by atoms with Gasteiger partial charge in [-0.15, -0.1) is 0 Å². The minimum absolute atomic E-state index is 0.00102. The fourth-order valence-corrected chi connectivity index (χ4v) is 0.556. The first-order valence-electron chi connectivity index (χ1n) is 3.39. The van der Waals surface area contributed by atoms with Crippen LogP contribution in [0.5, 0.6) is 0 Å². The largest absolute Gasteiger partial charge is 0.453 e. The molecule has 0 fully saturated rings. The highest BCUT2D eigenvalue weighted by Crippen LogP contribution is 1.88. The molecule has 0 unspecified atom stereocenters. The van der Waals surface area contributed by atoms with Gasteiger partial charge in [0, 0.05) is 13.6 Å². The summed E-state index contributed by atoms with van der Waals surface area (Å²) in [5.41, 5.74) is 0. The monoisotopic (exact) mass is 175 g/mol. The van der Waals surface area contributed by atoms with E-state index < -0.39 is 6.09 Å². The van der Waals surface area contributed by atoms with Crippen LogP contribution in [0.2, 0.25) is 0 Å². The summed E-state index contributed by atoms with van der Waals surface area (Å²) in [6, 6.07) is 0. The zero-order valence-corrected chi connectivity index (χ0v) is 7.15. The van der Waals surface area contributed by atoms with E-state index in [1.165, 1.54) is 0 Å². The molecule has 3 N–H and O–H groups in total. The Morgan fingerprint density at radius 3 is 2.75 bits per heavy atom. The van der Waals surface area contributed by atoms with Crippen molar-refractivity contribution in [1.82, 2.24) is 4.90 Å². The van der Waals surface area contributed by atoms with Gasteiger partial charge in [0.1, 0.15) is 5.84 Å². The molecule has 0 radical (unpaired) electrons. The van der Waals surface area contributed by atoms with E-state index in [1.54, 1.807) is 18.9 Å². The van der Waals surface area contributed by atoms with Crippen LogP contribution in [0.3, 0.4) is 0 Å². The van der Waals surface area contributed by atoms with Crippen LogP contribution in [0, 0.1) is 0 Å². The van der Waals surface area contributed by atoms with Crippen molar-refractivity contribution in [3.05, 3.63) is 0 Å². The summed E-state index contributed by atoms with van der Waals surface area (Å²) in [6.45, 7) is 2.03. The Bertz CT molecular complexity index is 181. The summed E-state index contributed by atoms with van der Waals surface area (Å²) in [6.07, 6.45) is -0.850. The van der Waals surface area contributed by atoms with Crippen molar-refractivity contribution in [2.24, 2.45) is 10.9 Å². The van der Waals surface area contributed by atoms with E-state index in [2.05, 4.69) is 15.7 Å². The second-order valence-corrected chi connectivity index (χ2v) is 2.19. The molecule has 0 aliphatic carbocycles. The number of aliphatic imine (C=N–C) groups is 1. The van der Waals surface area contributed by atoms with Crippen LogP contribution in [0.15, 0.2) is 4.99 Å². The summed E-state index contributed by atoms with van der Waals surface area (Å²) in [5.74, 6) is 5.01. The number of nitrogens with zero attached hydrogens (tertiary/aromatic N) is 2. The van der Waals surface area contributed by atoms with Gasteiger partial charge in [0.25, 0.3) is 0 Å². The number of aliphatic hydroxyl groups is 1. The van der Waals surface area contributed by atoms with Crippen molar-refractivity contribution in [3.63, 3.8) is 0 Å². The number of likely N-dealkylation sites (N-methyl/N-ethyl adjacent to an activating group) is 1. The highest BCUT2D eigenvalue weighted by atomic mass is 16.7. The highest BCUT2D eigenvalue weighted by molar-refractivity contribution is 5.89. The number of carbonyl (C=O) groups is 1. The molecule has 70 valence electrons. The van der Waals surface area contributed by atoms with Gasteiger partial charge < -0.3 is 14.8 Å². The Morgan fingerprint density at radius 2 is 2.33 bits per heavy atom. The molecule has 0 aliphatic heterocycles. The van der Waals surface area contributed by atoms with E-state index in [9.17, 15) is 4.79 Å². The van der Waals surface area contributed by atoms with Crippen molar-refractivity contribution >= 4 is 11.9 Å². The molecule has 0 spiro atoms. The maximum Gasteiger partial charge on any atom is 0.453 e. The summed E-state index contributed by atoms with van der Waals surface area (Å²) in [5, 5.41) is 8.54. The predicted octanol–water partition coefficient (Wildman–Crippen LogP) is -0.661. The first kappa shape index (κ1) is 10.9. The van der Waals surface area contributed by atoms with Crippen molar-refractivity contribution in [1.29, 1.82) is 0 Å². The molecule has 0 aromatic heterocycles. The lowest BCUT2D eigenvalue weighted by molar-refractivity contribution is 0.158. The number of hydrogen-bond acceptors (Lipinski definition) is 4. The topological polar surface area (TPSA) is 88.1 Å². The lowest BCUT2D eigenvalue weighted by Crippen LogP contribution is -2.28. The minimum Gasteiger partial charge on any atom is -0.395 e. The van der Waals surface area contributed by atoms with Gasteiger partial charge >= 0.3 is 6.09 Å². The summed E-state index contributed by atoms with van der Waals surface area (Å²) >= 11 is 0. The van der Waals surface area contributed by atoms with E-state index in [0.717, 1.165) is 0 Å². The molecule has 0 rings (SSSR count). The van der Waals surface area contributed by atoms with Crippen molar-refractivity contribution in [2.75, 3.05) is 20.2 Å². The number of carbonyl (C=O) groups excluding carboxylic acids is 1. The van der Waals surface area contributed by atoms with Crippen LogP contribution in [0.1, 0.15) is 6.92 Å². The maximum absolute atomic E-state index is 10.5. The third kappa shape index (κ3) is 3.89. The van der Waals surface area contributed by atoms with E-state index >= 15 is 0 Å². The van der Waals surface area contributed by atoms with E-state index in [1.807, 2.05) is 0 Å². The van der Waals surface area contributed by atoms with Gasteiger partial charge in [-0.25, -0.2) is 4.79 Å². The number of rotatable bonds is 2. The lowest BCUT2D eigenvalue weighted by Gasteiger charge is -2.15. The molecule has 1 amide bonds. The Morgan fingerprint density at radius 1 is 1.75 bits per heavy atom. The number of nitrogens with two attached hydrogens (primary N) is 1. The molecular formula is C6H13N3O3. The molecule has 6 heteroatoms. The molecule has 0 heterocycles. The standard InChI is InChI=1S/C6H13N3O3/c1-5(8-6(11)12-7)9(2)3-4-10/h10H,3-4,7H2,1-2H3. The quantitative estimate of drug-likeness (QED) is 0.330. The van der Waals surface area contributed by atoms with Crippen LogP contribution in [-0.4, -0.2) is 42.1 Å². The molecule has 0 aliphatic rings. The normalized spacial score (nSPS) is 11.2. The zero-order chi connectivity index (χ0) is 9.56. The smallest absolute Gasteiger partial charge is 0.395 e. The van der Waals surface area contributed by atoms with Crippen molar-refractivity contribution in [3.8, 4) is 0 Å². The molecular weight excluding hydrogens is 162 g/mol. The molecule has 0 saturated heterocycles. The maximum atomic E-state index is 10.5. The molecule has 0 aromatic carbocycles. The number of hydrogen-bond donors (Lipinski definition) is 2. The summed E-state index contributed by atoms with van der Waals surface area (Å²) in [4.78, 5) is 19.4. The summed E-state index contributed by atoms with van der Waals surface area (Å²) in [7, 11) is 1.69. The third-order valence-electron chi connectivity index (χ3n) is 1.34. The van der Waals surface area contributed by atoms with E-state index in [0.29, 0.717) is 12.4 Å². The Balaban J connectivity index is 4.06. The number of aliphatic hydroxyl groups excluding tert-OH is 1. The first-order valence-corrected chi connectivity index (χ1v) is 3.39. The second-order valence-electron chi connectivity index (χ2n) is 2.19. The Hall–Kier alpha value is -1.14. The molecule has 0 atom stereocenters. The third-order valence-corrected chi connectivity index (χ3v) is 1.34. The molecule has 12 heavy (non-hydrogen) atoms. The molecule has 6 nitrogen and oxygen atoms in total. The van der Waals surface area contributed by atoms with Gasteiger partial charge in [0.2, 0.25) is 0 Å². The van der Waals surface area contributed by atoms with Gasteiger partial charge in [0.05, 0.1) is 6.61 Å². The van der Waals surface area contributed by atoms with Crippen LogP contribution < -0.4 is 5.90 Å². The number of amidine groups is 1. The lowest BCUT2D eigenvalue weighted by atomic mass is 10.5. The molecule has 0 bridgehead atoms. The van der Waals surface area contributed by atoms with Crippen LogP contribution in [0.4, 0.5) is 4.79 Å². The van der Waals surface area contributed by atoms with E-state index in [-0.39, 0.29) is 6.61 Å². The average Bonchev–Trinajstić information content (AvgIpc) is 2.04. The van der Waals surface area contributed by atoms with Gasteiger partial charge in [0.15, 0.2) is 0 Å². The van der Waals surface area contributed by atoms with Crippen molar-refractivity contribution < 1.29 is 14.7 Å².